The lowest BCUT2D eigenvalue weighted by atomic mass is 10.3. The van der Waals surface area contributed by atoms with Gasteiger partial charge in [-0.15, -0.1) is 0 Å². The Kier molecular flexibility index (Phi) is 4.30. The minimum Gasteiger partial charge on any atom is -0.313 e. The van der Waals surface area contributed by atoms with Gasteiger partial charge in [-0.3, -0.25) is 0 Å². The standard InChI is InChI=1S/C10H21IN/c1-3-4-7-12(10(2)11)8-5-6-9-12/h10H,3-9H2,1-2H3/q+1. The summed E-state index contributed by atoms with van der Waals surface area (Å²) < 4.78 is 2.21. The van der Waals surface area contributed by atoms with Crippen LogP contribution in [0.25, 0.3) is 0 Å². The topological polar surface area (TPSA) is 0 Å². The van der Waals surface area contributed by atoms with Gasteiger partial charge in [0.2, 0.25) is 0 Å². The molecule has 1 heterocycles. The number of quaternary nitrogens is 1. The lowest BCUT2D eigenvalue weighted by Gasteiger charge is -2.37. The molecule has 0 spiro atoms. The molecule has 1 fully saturated rings. The van der Waals surface area contributed by atoms with Crippen LogP contribution >= 0.6 is 22.6 Å². The number of hydrogen-bond donors (Lipinski definition) is 0. The predicted molar refractivity (Wildman–Crippen MR) is 62.5 cm³/mol. The molecule has 1 aliphatic rings. The highest BCUT2D eigenvalue weighted by molar-refractivity contribution is 14.1. The summed E-state index contributed by atoms with van der Waals surface area (Å²) in [6.45, 7) is 8.96. The van der Waals surface area contributed by atoms with Gasteiger partial charge >= 0.3 is 0 Å². The minimum atomic E-state index is 0.816. The van der Waals surface area contributed by atoms with Crippen LogP contribution in [-0.4, -0.2) is 28.2 Å². The number of rotatable bonds is 4. The van der Waals surface area contributed by atoms with Crippen LogP contribution in [0, 0.1) is 0 Å². The number of hydrogen-bond acceptors (Lipinski definition) is 0. The van der Waals surface area contributed by atoms with Gasteiger partial charge in [-0.05, 0) is 35.9 Å². The molecule has 0 aliphatic carbocycles. The Morgan fingerprint density at radius 1 is 1.33 bits per heavy atom. The maximum Gasteiger partial charge on any atom is 0.136 e. The van der Waals surface area contributed by atoms with E-state index in [9.17, 15) is 0 Å². The third kappa shape index (κ3) is 2.34. The zero-order valence-electron chi connectivity index (χ0n) is 8.35. The first kappa shape index (κ1) is 10.8. The van der Waals surface area contributed by atoms with E-state index in [4.69, 9.17) is 0 Å². The van der Waals surface area contributed by atoms with Gasteiger partial charge < -0.3 is 4.48 Å². The molecular formula is C10H21IN+. The minimum absolute atomic E-state index is 0.816. The second-order valence-electron chi connectivity index (χ2n) is 4.02. The molecule has 1 aliphatic heterocycles. The van der Waals surface area contributed by atoms with Gasteiger partial charge in [0.25, 0.3) is 0 Å². The highest BCUT2D eigenvalue weighted by atomic mass is 127. The van der Waals surface area contributed by atoms with Gasteiger partial charge in [0.05, 0.1) is 19.6 Å². The fraction of sp³-hybridized carbons (Fsp3) is 1.00. The van der Waals surface area contributed by atoms with Crippen molar-refractivity contribution in [1.29, 1.82) is 0 Å². The van der Waals surface area contributed by atoms with Gasteiger partial charge in [0.15, 0.2) is 0 Å². The zero-order chi connectivity index (χ0) is 9.03. The van der Waals surface area contributed by atoms with Crippen molar-refractivity contribution >= 4 is 22.6 Å². The summed E-state index contributed by atoms with van der Waals surface area (Å²) in [5, 5.41) is 0. The normalized spacial score (nSPS) is 24.2. The van der Waals surface area contributed by atoms with Crippen molar-refractivity contribution in [1.82, 2.24) is 0 Å². The van der Waals surface area contributed by atoms with Crippen molar-refractivity contribution < 1.29 is 4.48 Å². The molecule has 1 saturated heterocycles. The zero-order valence-corrected chi connectivity index (χ0v) is 10.5. The number of likely N-dealkylation sites (tertiary alicyclic amines) is 1. The first-order chi connectivity index (χ1) is 5.71. The fourth-order valence-corrected chi connectivity index (χ4v) is 3.03. The van der Waals surface area contributed by atoms with E-state index in [2.05, 4.69) is 36.4 Å². The van der Waals surface area contributed by atoms with Crippen LogP contribution in [-0.2, 0) is 0 Å². The van der Waals surface area contributed by atoms with Gasteiger partial charge in [-0.1, -0.05) is 13.3 Å². The van der Waals surface area contributed by atoms with E-state index in [1.54, 1.807) is 0 Å². The summed E-state index contributed by atoms with van der Waals surface area (Å²) in [6, 6.07) is 0. The molecule has 1 unspecified atom stereocenters. The maximum atomic E-state index is 2.61. The highest BCUT2D eigenvalue weighted by Crippen LogP contribution is 2.27. The summed E-state index contributed by atoms with van der Waals surface area (Å²) in [6.07, 6.45) is 5.67. The second-order valence-corrected chi connectivity index (χ2v) is 5.83. The Labute approximate surface area is 90.2 Å². The van der Waals surface area contributed by atoms with Crippen LogP contribution in [0.3, 0.4) is 0 Å². The molecule has 0 bridgehead atoms. The Morgan fingerprint density at radius 2 is 1.92 bits per heavy atom. The average molecular weight is 282 g/mol. The van der Waals surface area contributed by atoms with Crippen LogP contribution < -0.4 is 0 Å². The molecule has 12 heavy (non-hydrogen) atoms. The molecule has 0 aromatic heterocycles. The Morgan fingerprint density at radius 3 is 2.33 bits per heavy atom. The molecule has 0 amide bonds. The second kappa shape index (κ2) is 4.80. The van der Waals surface area contributed by atoms with Crippen molar-refractivity contribution in [3.8, 4) is 0 Å². The molecule has 1 rings (SSSR count). The van der Waals surface area contributed by atoms with Crippen LogP contribution in [0.4, 0.5) is 0 Å². The van der Waals surface area contributed by atoms with Crippen molar-refractivity contribution in [3.63, 3.8) is 0 Å². The summed E-state index contributed by atoms with van der Waals surface area (Å²) in [7, 11) is 0. The third-order valence-electron chi connectivity index (χ3n) is 3.17. The first-order valence-corrected chi connectivity index (χ1v) is 6.46. The van der Waals surface area contributed by atoms with Gasteiger partial charge in [0.1, 0.15) is 4.05 Å². The lowest BCUT2D eigenvalue weighted by Crippen LogP contribution is -2.49. The average Bonchev–Trinajstić information content (AvgIpc) is 2.50. The monoisotopic (exact) mass is 282 g/mol. The molecule has 0 aromatic carbocycles. The third-order valence-corrected chi connectivity index (χ3v) is 4.35. The lowest BCUT2D eigenvalue weighted by molar-refractivity contribution is -0.921. The molecular weight excluding hydrogens is 261 g/mol. The van der Waals surface area contributed by atoms with Crippen LogP contribution in [0.2, 0.25) is 0 Å². The van der Waals surface area contributed by atoms with E-state index in [0.29, 0.717) is 0 Å². The van der Waals surface area contributed by atoms with Crippen molar-refractivity contribution in [3.05, 3.63) is 0 Å². The van der Waals surface area contributed by atoms with E-state index in [-0.39, 0.29) is 0 Å². The van der Waals surface area contributed by atoms with E-state index in [1.165, 1.54) is 49.8 Å². The van der Waals surface area contributed by atoms with Crippen LogP contribution in [0.15, 0.2) is 0 Å². The van der Waals surface area contributed by atoms with Gasteiger partial charge in [0, 0.05) is 12.8 Å². The van der Waals surface area contributed by atoms with Gasteiger partial charge in [-0.25, -0.2) is 0 Å². The van der Waals surface area contributed by atoms with E-state index in [1.807, 2.05) is 0 Å². The summed E-state index contributed by atoms with van der Waals surface area (Å²) in [5.74, 6) is 0. The molecule has 72 valence electrons. The van der Waals surface area contributed by atoms with E-state index in [0.717, 1.165) is 4.05 Å². The smallest absolute Gasteiger partial charge is 0.136 e. The maximum absolute atomic E-state index is 2.61. The Bertz CT molecular complexity index is 128. The number of unbranched alkanes of at least 4 members (excludes halogenated alkanes) is 1. The highest BCUT2D eigenvalue weighted by Gasteiger charge is 2.34. The van der Waals surface area contributed by atoms with Crippen molar-refractivity contribution in [2.45, 2.75) is 43.6 Å². The van der Waals surface area contributed by atoms with E-state index < -0.39 is 0 Å². The fourth-order valence-electron chi connectivity index (χ4n) is 2.20. The SMILES string of the molecule is CCCC[N+]1(C(C)I)CCCC1. The van der Waals surface area contributed by atoms with Crippen LogP contribution in [0.5, 0.6) is 0 Å². The molecule has 1 atom stereocenters. The first-order valence-electron chi connectivity index (χ1n) is 5.21. The van der Waals surface area contributed by atoms with Crippen molar-refractivity contribution in [2.75, 3.05) is 19.6 Å². The van der Waals surface area contributed by atoms with E-state index >= 15 is 0 Å². The van der Waals surface area contributed by atoms with Gasteiger partial charge in [-0.2, -0.15) is 0 Å². The molecule has 1 nitrogen and oxygen atoms in total. The molecule has 0 N–H and O–H groups in total. The number of nitrogens with zero attached hydrogens (tertiary/aromatic N) is 1. The number of halogens is 1. The summed E-state index contributed by atoms with van der Waals surface area (Å²) in [5.41, 5.74) is 0. The number of alkyl halides is 1. The molecule has 2 heteroatoms. The quantitative estimate of drug-likeness (QED) is 0.321. The summed E-state index contributed by atoms with van der Waals surface area (Å²) >= 11 is 2.61. The molecule has 0 radical (unpaired) electrons. The Balaban J connectivity index is 2.47. The Hall–Kier alpha value is 0.690. The summed E-state index contributed by atoms with van der Waals surface area (Å²) in [4.78, 5) is 0. The van der Waals surface area contributed by atoms with Crippen molar-refractivity contribution in [2.24, 2.45) is 0 Å². The molecule has 0 aromatic rings. The predicted octanol–water partition coefficient (Wildman–Crippen LogP) is 3.18. The van der Waals surface area contributed by atoms with Crippen LogP contribution in [0.1, 0.15) is 39.5 Å². The largest absolute Gasteiger partial charge is 0.313 e. The molecule has 0 saturated carbocycles.